The molecule has 2 nitrogen and oxygen atoms in total. The van der Waals surface area contributed by atoms with Gasteiger partial charge in [-0.15, -0.1) is 0 Å². The van der Waals surface area contributed by atoms with Crippen molar-refractivity contribution in [1.29, 1.82) is 0 Å². The van der Waals surface area contributed by atoms with Crippen molar-refractivity contribution < 1.29 is 0 Å². The second kappa shape index (κ2) is 6.85. The van der Waals surface area contributed by atoms with Crippen LogP contribution in [0.5, 0.6) is 0 Å². The lowest BCUT2D eigenvalue weighted by Gasteiger charge is -2.33. The predicted molar refractivity (Wildman–Crippen MR) is 88.6 cm³/mol. The zero-order valence-corrected chi connectivity index (χ0v) is 13.4. The maximum atomic E-state index is 2.73. The van der Waals surface area contributed by atoms with Gasteiger partial charge in [0, 0.05) is 26.2 Å². The Hall–Kier alpha value is -0.690. The molecule has 3 rings (SSSR count). The quantitative estimate of drug-likeness (QED) is 0.750. The Morgan fingerprint density at radius 2 is 1.40 bits per heavy atom. The van der Waals surface area contributed by atoms with Gasteiger partial charge >= 0.3 is 0 Å². The molecule has 2 fully saturated rings. The smallest absolute Gasteiger partial charge is 0.0651 e. The van der Waals surface area contributed by atoms with E-state index in [1.165, 1.54) is 63.0 Å². The molecule has 0 amide bonds. The number of benzene rings is 1. The molecule has 3 heteroatoms. The van der Waals surface area contributed by atoms with Gasteiger partial charge < -0.3 is 0 Å². The van der Waals surface area contributed by atoms with Gasteiger partial charge in [-0.1, -0.05) is 30.3 Å². The molecule has 2 saturated heterocycles. The third-order valence-corrected chi connectivity index (χ3v) is 6.86. The van der Waals surface area contributed by atoms with Gasteiger partial charge in [-0.2, -0.15) is 0 Å². The molecular formula is C17H25N2P. The van der Waals surface area contributed by atoms with Crippen LogP contribution in [0.3, 0.4) is 0 Å². The van der Waals surface area contributed by atoms with Crippen LogP contribution in [-0.2, 0) is 0 Å². The molecule has 0 aliphatic carbocycles. The van der Waals surface area contributed by atoms with E-state index in [2.05, 4.69) is 52.4 Å². The van der Waals surface area contributed by atoms with E-state index in [1.807, 2.05) is 0 Å². The Morgan fingerprint density at radius 3 is 1.90 bits per heavy atom. The van der Waals surface area contributed by atoms with Crippen LogP contribution in [0.15, 0.2) is 36.1 Å². The molecule has 2 heterocycles. The van der Waals surface area contributed by atoms with E-state index in [1.54, 1.807) is 0 Å². The van der Waals surface area contributed by atoms with Crippen LogP contribution in [0.25, 0.3) is 5.57 Å². The Morgan fingerprint density at radius 1 is 0.900 bits per heavy atom. The Kier molecular flexibility index (Phi) is 4.88. The highest BCUT2D eigenvalue weighted by atomic mass is 31.1. The van der Waals surface area contributed by atoms with E-state index in [-0.39, 0.29) is 8.22 Å². The van der Waals surface area contributed by atoms with Crippen molar-refractivity contribution in [1.82, 2.24) is 9.34 Å². The fourth-order valence-corrected chi connectivity index (χ4v) is 5.67. The zero-order chi connectivity index (χ0) is 13.8. The third kappa shape index (κ3) is 3.31. The Labute approximate surface area is 124 Å². The molecule has 2 aliphatic heterocycles. The first-order valence-corrected chi connectivity index (χ1v) is 9.19. The summed E-state index contributed by atoms with van der Waals surface area (Å²) in [7, 11) is -0.221. The van der Waals surface area contributed by atoms with Crippen molar-refractivity contribution >= 4 is 13.8 Å². The standard InChI is InChI=1S/C17H25N2P/c1-16(17-9-3-2-4-10-17)15-20(18-11-5-6-12-18)19-13-7-8-14-19/h2-4,9-10,15H,5-8,11-14H2,1H3. The van der Waals surface area contributed by atoms with E-state index < -0.39 is 0 Å². The van der Waals surface area contributed by atoms with Gasteiger partial charge in [0.05, 0.1) is 8.22 Å². The monoisotopic (exact) mass is 288 g/mol. The van der Waals surface area contributed by atoms with E-state index >= 15 is 0 Å². The van der Waals surface area contributed by atoms with Crippen molar-refractivity contribution in [2.75, 3.05) is 26.2 Å². The average molecular weight is 288 g/mol. The highest BCUT2D eigenvalue weighted by Crippen LogP contribution is 2.50. The molecular weight excluding hydrogens is 263 g/mol. The average Bonchev–Trinajstić information content (AvgIpc) is 3.19. The molecule has 0 aromatic heterocycles. The summed E-state index contributed by atoms with van der Waals surface area (Å²) < 4.78 is 5.46. The van der Waals surface area contributed by atoms with Gasteiger partial charge in [0.15, 0.2) is 0 Å². The van der Waals surface area contributed by atoms with E-state index in [0.29, 0.717) is 0 Å². The molecule has 0 atom stereocenters. The summed E-state index contributed by atoms with van der Waals surface area (Å²) in [4.78, 5) is 0. The summed E-state index contributed by atoms with van der Waals surface area (Å²) in [6.45, 7) is 7.44. The summed E-state index contributed by atoms with van der Waals surface area (Å²) in [5, 5.41) is 0. The first-order chi connectivity index (χ1) is 9.84. The first-order valence-electron chi connectivity index (χ1n) is 7.87. The van der Waals surface area contributed by atoms with E-state index in [0.717, 1.165) is 0 Å². The Balaban J connectivity index is 1.81. The number of allylic oxidation sites excluding steroid dienone is 1. The molecule has 0 radical (unpaired) electrons. The van der Waals surface area contributed by atoms with Crippen molar-refractivity contribution in [2.45, 2.75) is 32.6 Å². The normalized spacial score (nSPS) is 22.0. The minimum Gasteiger partial charge on any atom is -0.267 e. The number of nitrogens with zero attached hydrogens (tertiary/aromatic N) is 2. The van der Waals surface area contributed by atoms with Gasteiger partial charge in [0.2, 0.25) is 0 Å². The predicted octanol–water partition coefficient (Wildman–Crippen LogP) is 4.55. The lowest BCUT2D eigenvalue weighted by molar-refractivity contribution is 0.481. The number of hydrogen-bond donors (Lipinski definition) is 0. The zero-order valence-electron chi connectivity index (χ0n) is 12.5. The van der Waals surface area contributed by atoms with Gasteiger partial charge in [-0.05, 0) is 49.6 Å². The van der Waals surface area contributed by atoms with Crippen molar-refractivity contribution in [3.63, 3.8) is 0 Å². The molecule has 0 unspecified atom stereocenters. The summed E-state index contributed by atoms with van der Waals surface area (Å²) >= 11 is 0. The largest absolute Gasteiger partial charge is 0.267 e. The molecule has 108 valence electrons. The minimum absolute atomic E-state index is 0.221. The lowest BCUT2D eigenvalue weighted by Crippen LogP contribution is -2.23. The Bertz CT molecular complexity index is 429. The highest BCUT2D eigenvalue weighted by molar-refractivity contribution is 7.56. The summed E-state index contributed by atoms with van der Waals surface area (Å²) in [6.07, 6.45) is 5.52. The second-order valence-electron chi connectivity index (χ2n) is 5.82. The summed E-state index contributed by atoms with van der Waals surface area (Å²) in [5.41, 5.74) is 2.81. The van der Waals surface area contributed by atoms with Crippen molar-refractivity contribution in [2.24, 2.45) is 0 Å². The molecule has 0 N–H and O–H groups in total. The van der Waals surface area contributed by atoms with E-state index in [9.17, 15) is 0 Å². The fourth-order valence-electron chi connectivity index (χ4n) is 3.10. The topological polar surface area (TPSA) is 6.48 Å². The van der Waals surface area contributed by atoms with Crippen LogP contribution in [-0.4, -0.2) is 35.5 Å². The van der Waals surface area contributed by atoms with Crippen LogP contribution in [0.1, 0.15) is 38.2 Å². The minimum atomic E-state index is -0.221. The van der Waals surface area contributed by atoms with Crippen LogP contribution >= 0.6 is 8.22 Å². The molecule has 0 bridgehead atoms. The van der Waals surface area contributed by atoms with Crippen LogP contribution < -0.4 is 0 Å². The SMILES string of the molecule is CC(=CP(N1CCCC1)N1CCCC1)c1ccccc1. The van der Waals surface area contributed by atoms with Gasteiger partial charge in [0.25, 0.3) is 0 Å². The molecule has 1 aromatic carbocycles. The molecule has 20 heavy (non-hydrogen) atoms. The summed E-state index contributed by atoms with van der Waals surface area (Å²) in [6, 6.07) is 10.8. The molecule has 0 spiro atoms. The molecule has 2 aliphatic rings. The fraction of sp³-hybridized carbons (Fsp3) is 0.529. The highest BCUT2D eigenvalue weighted by Gasteiger charge is 2.28. The van der Waals surface area contributed by atoms with Gasteiger partial charge in [0.1, 0.15) is 0 Å². The first kappa shape index (κ1) is 14.3. The molecule has 1 aromatic rings. The van der Waals surface area contributed by atoms with Crippen LogP contribution in [0.2, 0.25) is 0 Å². The summed E-state index contributed by atoms with van der Waals surface area (Å²) in [5.74, 6) is 2.56. The third-order valence-electron chi connectivity index (χ3n) is 4.28. The van der Waals surface area contributed by atoms with Crippen molar-refractivity contribution in [3.8, 4) is 0 Å². The van der Waals surface area contributed by atoms with Crippen LogP contribution in [0, 0.1) is 0 Å². The number of rotatable bonds is 4. The van der Waals surface area contributed by atoms with Crippen molar-refractivity contribution in [3.05, 3.63) is 41.7 Å². The maximum absolute atomic E-state index is 2.73. The lowest BCUT2D eigenvalue weighted by atomic mass is 10.1. The molecule has 0 saturated carbocycles. The van der Waals surface area contributed by atoms with Crippen LogP contribution in [0.4, 0.5) is 0 Å². The maximum Gasteiger partial charge on any atom is 0.0651 e. The van der Waals surface area contributed by atoms with Gasteiger partial charge in [-0.25, -0.2) is 0 Å². The van der Waals surface area contributed by atoms with Gasteiger partial charge in [-0.3, -0.25) is 9.34 Å². The second-order valence-corrected chi connectivity index (χ2v) is 7.85. The van der Waals surface area contributed by atoms with E-state index in [4.69, 9.17) is 0 Å². The number of hydrogen-bond acceptors (Lipinski definition) is 2.